The van der Waals surface area contributed by atoms with Gasteiger partial charge in [-0.1, -0.05) is 63.5 Å². The Bertz CT molecular complexity index is 823. The Balaban J connectivity index is 1.40. The standard InChI is InChI=1S/C25H34FN5O/c26-23-15-9-10-16-24(23)32-19-12-8-6-4-2-1-3-5-7-11-18-29-25(30-21-27)31-22-14-13-17-28-20-22/h9-10,13-17,20H,1-8,11-12,18-19H2,(H2,29,30,31). The van der Waals surface area contributed by atoms with E-state index in [0.717, 1.165) is 31.4 Å². The van der Waals surface area contributed by atoms with Gasteiger partial charge in [0.15, 0.2) is 17.8 Å². The normalized spacial score (nSPS) is 11.1. The third-order valence-electron chi connectivity index (χ3n) is 5.02. The minimum Gasteiger partial charge on any atom is -0.491 e. The van der Waals surface area contributed by atoms with Gasteiger partial charge in [-0.05, 0) is 37.1 Å². The monoisotopic (exact) mass is 439 g/mol. The topological polar surface area (TPSA) is 82.3 Å². The molecule has 0 radical (unpaired) electrons. The Morgan fingerprint density at radius 1 is 0.938 bits per heavy atom. The van der Waals surface area contributed by atoms with E-state index in [1.165, 1.54) is 44.6 Å². The van der Waals surface area contributed by atoms with Gasteiger partial charge in [-0.3, -0.25) is 15.3 Å². The molecule has 0 bridgehead atoms. The maximum absolute atomic E-state index is 13.4. The van der Waals surface area contributed by atoms with E-state index in [-0.39, 0.29) is 5.82 Å². The van der Waals surface area contributed by atoms with Crippen molar-refractivity contribution >= 4 is 11.6 Å². The van der Waals surface area contributed by atoms with Crippen LogP contribution in [-0.4, -0.2) is 24.1 Å². The number of anilines is 1. The van der Waals surface area contributed by atoms with Crippen molar-refractivity contribution in [2.45, 2.75) is 64.2 Å². The number of aliphatic imine (C=N–C) groups is 1. The summed E-state index contributed by atoms with van der Waals surface area (Å²) in [6, 6.07) is 10.3. The van der Waals surface area contributed by atoms with Crippen molar-refractivity contribution in [3.05, 3.63) is 54.6 Å². The predicted molar refractivity (Wildman–Crippen MR) is 127 cm³/mol. The number of guanidine groups is 1. The number of aromatic nitrogens is 1. The van der Waals surface area contributed by atoms with Crippen LogP contribution in [0.2, 0.25) is 0 Å². The molecule has 0 spiro atoms. The van der Waals surface area contributed by atoms with Gasteiger partial charge in [0.2, 0.25) is 5.96 Å². The number of ether oxygens (including phenoxy) is 1. The number of unbranched alkanes of at least 4 members (excludes halogenated alkanes) is 9. The molecule has 0 saturated heterocycles. The fourth-order valence-electron chi connectivity index (χ4n) is 3.30. The molecule has 1 aromatic carbocycles. The average Bonchev–Trinajstić information content (AvgIpc) is 2.81. The van der Waals surface area contributed by atoms with Crippen molar-refractivity contribution in [3.8, 4) is 11.9 Å². The molecule has 0 amide bonds. The van der Waals surface area contributed by atoms with Crippen molar-refractivity contribution in [1.82, 2.24) is 10.3 Å². The van der Waals surface area contributed by atoms with Crippen molar-refractivity contribution in [2.24, 2.45) is 4.99 Å². The Morgan fingerprint density at radius 3 is 2.28 bits per heavy atom. The highest BCUT2D eigenvalue weighted by molar-refractivity contribution is 5.94. The van der Waals surface area contributed by atoms with E-state index in [9.17, 15) is 4.39 Å². The minimum atomic E-state index is -0.292. The Labute approximate surface area is 190 Å². The van der Waals surface area contributed by atoms with Crippen molar-refractivity contribution < 1.29 is 9.13 Å². The summed E-state index contributed by atoms with van der Waals surface area (Å²) < 4.78 is 18.9. The van der Waals surface area contributed by atoms with Crippen LogP contribution in [0.4, 0.5) is 10.1 Å². The molecule has 0 aliphatic rings. The molecule has 2 rings (SSSR count). The molecule has 0 aliphatic carbocycles. The summed E-state index contributed by atoms with van der Waals surface area (Å²) in [5.41, 5.74) is 0.798. The van der Waals surface area contributed by atoms with Crippen molar-refractivity contribution in [3.63, 3.8) is 0 Å². The summed E-state index contributed by atoms with van der Waals surface area (Å²) in [5, 5.41) is 14.5. The zero-order valence-electron chi connectivity index (χ0n) is 18.7. The molecule has 0 unspecified atom stereocenters. The highest BCUT2D eigenvalue weighted by atomic mass is 19.1. The number of hydrogen-bond acceptors (Lipinski definition) is 4. The van der Waals surface area contributed by atoms with Crippen LogP contribution in [-0.2, 0) is 0 Å². The fourth-order valence-corrected chi connectivity index (χ4v) is 3.30. The van der Waals surface area contributed by atoms with Gasteiger partial charge in [-0.15, -0.1) is 0 Å². The van der Waals surface area contributed by atoms with Crippen LogP contribution < -0.4 is 15.4 Å². The molecule has 172 valence electrons. The summed E-state index contributed by atoms with van der Waals surface area (Å²) in [5.74, 6) is 0.514. The lowest BCUT2D eigenvalue weighted by Gasteiger charge is -2.07. The Morgan fingerprint density at radius 2 is 1.62 bits per heavy atom. The fraction of sp³-hybridized carbons (Fsp3) is 0.480. The molecule has 0 fully saturated rings. The van der Waals surface area contributed by atoms with Gasteiger partial charge >= 0.3 is 0 Å². The first-order chi connectivity index (χ1) is 15.8. The summed E-state index contributed by atoms with van der Waals surface area (Å²) in [7, 11) is 0. The highest BCUT2D eigenvalue weighted by Crippen LogP contribution is 2.16. The molecule has 6 nitrogen and oxygen atoms in total. The molecule has 0 atom stereocenters. The number of nitrogens with zero attached hydrogens (tertiary/aromatic N) is 3. The second-order valence-corrected chi connectivity index (χ2v) is 7.65. The van der Waals surface area contributed by atoms with E-state index < -0.39 is 0 Å². The molecule has 1 aromatic heterocycles. The Kier molecular flexibility index (Phi) is 13.0. The number of nitriles is 1. The predicted octanol–water partition coefficient (Wildman–Crippen LogP) is 6.04. The largest absolute Gasteiger partial charge is 0.491 e. The highest BCUT2D eigenvalue weighted by Gasteiger charge is 2.01. The molecule has 0 aliphatic heterocycles. The van der Waals surface area contributed by atoms with Crippen LogP contribution in [0.1, 0.15) is 64.2 Å². The number of para-hydroxylation sites is 1. The zero-order chi connectivity index (χ0) is 22.7. The Hall–Kier alpha value is -3.14. The third-order valence-corrected chi connectivity index (χ3v) is 5.02. The lowest BCUT2D eigenvalue weighted by Crippen LogP contribution is -2.27. The lowest BCUT2D eigenvalue weighted by molar-refractivity contribution is 0.290. The van der Waals surface area contributed by atoms with E-state index in [4.69, 9.17) is 10.00 Å². The van der Waals surface area contributed by atoms with E-state index in [1.807, 2.05) is 18.3 Å². The average molecular weight is 440 g/mol. The van der Waals surface area contributed by atoms with Crippen molar-refractivity contribution in [2.75, 3.05) is 18.5 Å². The zero-order valence-corrected chi connectivity index (χ0v) is 18.7. The van der Waals surface area contributed by atoms with Gasteiger partial charge in [0.1, 0.15) is 0 Å². The summed E-state index contributed by atoms with van der Waals surface area (Å²) in [6.07, 6.45) is 17.0. The van der Waals surface area contributed by atoms with E-state index >= 15 is 0 Å². The third kappa shape index (κ3) is 11.3. The first kappa shape index (κ1) is 25.1. The number of pyridine rings is 1. The number of rotatable bonds is 15. The summed E-state index contributed by atoms with van der Waals surface area (Å²) in [6.45, 7) is 1.26. The number of halogens is 1. The maximum atomic E-state index is 13.4. The molecule has 7 heteroatoms. The van der Waals surface area contributed by atoms with Crippen LogP contribution in [0.25, 0.3) is 0 Å². The maximum Gasteiger partial charge on any atom is 0.209 e. The molecule has 32 heavy (non-hydrogen) atoms. The molecular weight excluding hydrogens is 405 g/mol. The second kappa shape index (κ2) is 16.5. The van der Waals surface area contributed by atoms with Crippen LogP contribution in [0.15, 0.2) is 53.8 Å². The molecular formula is C25H34FN5O. The van der Waals surface area contributed by atoms with Gasteiger partial charge in [-0.25, -0.2) is 4.39 Å². The quantitative estimate of drug-likeness (QED) is 0.116. The molecule has 2 aromatic rings. The SMILES string of the molecule is N#CNC(=NCCCCCCCCCCCCOc1ccccc1F)Nc1cccnc1. The van der Waals surface area contributed by atoms with E-state index in [1.54, 1.807) is 30.6 Å². The van der Waals surface area contributed by atoms with Gasteiger partial charge in [0.05, 0.1) is 18.5 Å². The van der Waals surface area contributed by atoms with Gasteiger partial charge in [0.25, 0.3) is 0 Å². The second-order valence-electron chi connectivity index (χ2n) is 7.65. The number of hydrogen-bond donors (Lipinski definition) is 2. The van der Waals surface area contributed by atoms with Crippen LogP contribution in [0.3, 0.4) is 0 Å². The van der Waals surface area contributed by atoms with Crippen molar-refractivity contribution in [1.29, 1.82) is 5.26 Å². The minimum absolute atomic E-state index is 0.292. The molecule has 1 heterocycles. The lowest BCUT2D eigenvalue weighted by atomic mass is 10.1. The summed E-state index contributed by atoms with van der Waals surface area (Å²) >= 11 is 0. The first-order valence-electron chi connectivity index (χ1n) is 11.5. The smallest absolute Gasteiger partial charge is 0.209 e. The van der Waals surface area contributed by atoms with Crippen LogP contribution in [0.5, 0.6) is 5.75 Å². The number of benzene rings is 1. The van der Waals surface area contributed by atoms with Gasteiger partial charge in [0, 0.05) is 12.7 Å². The summed E-state index contributed by atoms with van der Waals surface area (Å²) in [4.78, 5) is 8.46. The molecule has 2 N–H and O–H groups in total. The first-order valence-corrected chi connectivity index (χ1v) is 11.5. The molecule has 0 saturated carbocycles. The van der Waals surface area contributed by atoms with Crippen LogP contribution in [0, 0.1) is 17.3 Å². The van der Waals surface area contributed by atoms with E-state index in [2.05, 4.69) is 20.6 Å². The number of nitrogens with one attached hydrogen (secondary N) is 2. The van der Waals surface area contributed by atoms with Gasteiger partial charge in [-0.2, -0.15) is 5.26 Å². The van der Waals surface area contributed by atoms with E-state index in [0.29, 0.717) is 24.9 Å². The van der Waals surface area contributed by atoms with Crippen LogP contribution >= 0.6 is 0 Å². The van der Waals surface area contributed by atoms with Gasteiger partial charge < -0.3 is 10.1 Å².